The maximum Gasteiger partial charge on any atom is 0.123 e. The molecular formula is C8H14N2OS. The van der Waals surface area contributed by atoms with Crippen molar-refractivity contribution in [2.75, 3.05) is 21.2 Å². The third-order valence-electron chi connectivity index (χ3n) is 0.982. The van der Waals surface area contributed by atoms with E-state index in [1.54, 1.807) is 19.4 Å². The van der Waals surface area contributed by atoms with Crippen LogP contribution in [0.15, 0.2) is 18.3 Å². The second-order valence-electron chi connectivity index (χ2n) is 2.09. The number of ether oxygens (including phenoxy) is 1. The van der Waals surface area contributed by atoms with E-state index in [1.807, 2.05) is 20.2 Å². The summed E-state index contributed by atoms with van der Waals surface area (Å²) in [6.07, 6.45) is 1.75. The molecule has 0 saturated carbocycles. The zero-order chi connectivity index (χ0) is 9.40. The van der Waals surface area contributed by atoms with Crippen LogP contribution in [-0.4, -0.2) is 26.2 Å². The Morgan fingerprint density at radius 2 is 2.08 bits per heavy atom. The Morgan fingerprint density at radius 3 is 2.42 bits per heavy atom. The van der Waals surface area contributed by atoms with Crippen LogP contribution in [0, 0.1) is 4.64 Å². The van der Waals surface area contributed by atoms with Gasteiger partial charge in [-0.05, 0) is 20.2 Å². The van der Waals surface area contributed by atoms with Gasteiger partial charge in [0, 0.05) is 12.3 Å². The van der Waals surface area contributed by atoms with E-state index in [0.29, 0.717) is 4.64 Å². The van der Waals surface area contributed by atoms with Crippen molar-refractivity contribution in [2.24, 2.45) is 0 Å². The summed E-state index contributed by atoms with van der Waals surface area (Å²) < 4.78 is 5.60. The first kappa shape index (κ1) is 11.1. The normalized spacial score (nSPS) is 8.25. The van der Waals surface area contributed by atoms with E-state index in [0.717, 1.165) is 5.75 Å². The Labute approximate surface area is 77.8 Å². The van der Waals surface area contributed by atoms with Crippen molar-refractivity contribution in [3.05, 3.63) is 23.0 Å². The van der Waals surface area contributed by atoms with Crippen molar-refractivity contribution in [1.82, 2.24) is 10.3 Å². The lowest BCUT2D eigenvalue weighted by atomic mass is 10.5. The van der Waals surface area contributed by atoms with Crippen LogP contribution in [0.3, 0.4) is 0 Å². The van der Waals surface area contributed by atoms with Gasteiger partial charge in [0.25, 0.3) is 0 Å². The molecule has 1 aromatic rings. The summed E-state index contributed by atoms with van der Waals surface area (Å²) in [5.74, 6) is 0.791. The van der Waals surface area contributed by atoms with Gasteiger partial charge in [0.1, 0.15) is 10.4 Å². The molecule has 0 aliphatic heterocycles. The average molecular weight is 186 g/mol. The molecule has 0 aromatic carbocycles. The fraction of sp³-hybridized carbons (Fsp3) is 0.375. The maximum absolute atomic E-state index is 4.91. The first-order valence-corrected chi connectivity index (χ1v) is 3.96. The van der Waals surface area contributed by atoms with Crippen LogP contribution in [0.1, 0.15) is 0 Å². The van der Waals surface area contributed by atoms with Gasteiger partial charge in [-0.1, -0.05) is 12.2 Å². The number of rotatable bonds is 1. The second-order valence-corrected chi connectivity index (χ2v) is 2.53. The number of hydrogen-bond donors (Lipinski definition) is 2. The van der Waals surface area contributed by atoms with Crippen LogP contribution in [0.25, 0.3) is 0 Å². The van der Waals surface area contributed by atoms with Crippen LogP contribution < -0.4 is 10.1 Å². The molecule has 0 saturated heterocycles. The van der Waals surface area contributed by atoms with Gasteiger partial charge in [0.05, 0.1) is 7.11 Å². The number of hydrogen-bond acceptors (Lipinski definition) is 3. The molecule has 0 aliphatic carbocycles. The van der Waals surface area contributed by atoms with Gasteiger partial charge >= 0.3 is 0 Å². The summed E-state index contributed by atoms with van der Waals surface area (Å²) in [6.45, 7) is 0. The topological polar surface area (TPSA) is 37.0 Å². The van der Waals surface area contributed by atoms with Gasteiger partial charge in [-0.15, -0.1) is 0 Å². The van der Waals surface area contributed by atoms with Gasteiger partial charge in [0.2, 0.25) is 0 Å². The van der Waals surface area contributed by atoms with Gasteiger partial charge < -0.3 is 15.0 Å². The molecule has 0 bridgehead atoms. The Kier molecular flexibility index (Phi) is 6.32. The molecule has 2 N–H and O–H groups in total. The quantitative estimate of drug-likeness (QED) is 0.654. The van der Waals surface area contributed by atoms with Crippen molar-refractivity contribution in [2.45, 2.75) is 0 Å². The Bertz CT molecular complexity index is 259. The van der Waals surface area contributed by atoms with E-state index in [4.69, 9.17) is 17.0 Å². The summed E-state index contributed by atoms with van der Waals surface area (Å²) in [5, 5.41) is 2.75. The van der Waals surface area contributed by atoms with Gasteiger partial charge in [0.15, 0.2) is 0 Å². The third kappa shape index (κ3) is 4.87. The Balaban J connectivity index is 0.000000354. The van der Waals surface area contributed by atoms with Crippen molar-refractivity contribution in [1.29, 1.82) is 0 Å². The predicted molar refractivity (Wildman–Crippen MR) is 53.2 cm³/mol. The van der Waals surface area contributed by atoms with E-state index < -0.39 is 0 Å². The summed E-state index contributed by atoms with van der Waals surface area (Å²) in [4.78, 5) is 2.84. The molecule has 1 aromatic heterocycles. The molecule has 1 heterocycles. The minimum atomic E-state index is 0.689. The second kappa shape index (κ2) is 6.82. The summed E-state index contributed by atoms with van der Waals surface area (Å²) in [7, 11) is 5.37. The van der Waals surface area contributed by atoms with Gasteiger partial charge in [-0.3, -0.25) is 0 Å². The smallest absolute Gasteiger partial charge is 0.123 e. The molecule has 0 spiro atoms. The SMILES string of the molecule is CNC.COc1cc[nH]c(=S)c1. The molecular weight excluding hydrogens is 172 g/mol. The number of pyridine rings is 1. The van der Waals surface area contributed by atoms with Crippen molar-refractivity contribution in [3.63, 3.8) is 0 Å². The zero-order valence-electron chi connectivity index (χ0n) is 7.55. The van der Waals surface area contributed by atoms with E-state index in [2.05, 4.69) is 10.3 Å². The molecule has 0 fully saturated rings. The number of nitrogens with one attached hydrogen (secondary N) is 2. The molecule has 0 radical (unpaired) electrons. The highest BCUT2D eigenvalue weighted by atomic mass is 32.1. The van der Waals surface area contributed by atoms with Gasteiger partial charge in [-0.25, -0.2) is 0 Å². The molecule has 4 heteroatoms. The first-order valence-electron chi connectivity index (χ1n) is 3.55. The van der Waals surface area contributed by atoms with Crippen molar-refractivity contribution >= 4 is 12.2 Å². The molecule has 12 heavy (non-hydrogen) atoms. The lowest BCUT2D eigenvalue weighted by Gasteiger charge is -1.95. The van der Waals surface area contributed by atoms with Crippen LogP contribution in [0.5, 0.6) is 5.75 Å². The van der Waals surface area contributed by atoms with Crippen molar-refractivity contribution < 1.29 is 4.74 Å². The first-order chi connectivity index (χ1) is 5.74. The largest absolute Gasteiger partial charge is 0.497 e. The number of aromatic nitrogens is 1. The van der Waals surface area contributed by atoms with E-state index in [9.17, 15) is 0 Å². The molecule has 3 nitrogen and oxygen atoms in total. The molecule has 0 aliphatic rings. The molecule has 0 atom stereocenters. The zero-order valence-corrected chi connectivity index (χ0v) is 8.37. The molecule has 0 unspecified atom stereocenters. The Morgan fingerprint density at radius 1 is 1.50 bits per heavy atom. The minimum absolute atomic E-state index is 0.689. The van der Waals surface area contributed by atoms with Gasteiger partial charge in [-0.2, -0.15) is 0 Å². The third-order valence-corrected chi connectivity index (χ3v) is 1.22. The molecule has 0 amide bonds. The maximum atomic E-state index is 4.91. The summed E-state index contributed by atoms with van der Waals surface area (Å²) in [5.41, 5.74) is 0. The van der Waals surface area contributed by atoms with Crippen LogP contribution in [0.4, 0.5) is 0 Å². The lowest BCUT2D eigenvalue weighted by molar-refractivity contribution is 0.414. The highest BCUT2D eigenvalue weighted by molar-refractivity contribution is 7.71. The highest BCUT2D eigenvalue weighted by Crippen LogP contribution is 2.05. The molecule has 1 rings (SSSR count). The lowest BCUT2D eigenvalue weighted by Crippen LogP contribution is -1.89. The fourth-order valence-corrected chi connectivity index (χ4v) is 0.736. The van der Waals surface area contributed by atoms with Crippen LogP contribution in [-0.2, 0) is 0 Å². The van der Waals surface area contributed by atoms with E-state index in [-0.39, 0.29) is 0 Å². The number of methoxy groups -OCH3 is 1. The minimum Gasteiger partial charge on any atom is -0.497 e. The summed E-state index contributed by atoms with van der Waals surface area (Å²) in [6, 6.07) is 3.57. The monoisotopic (exact) mass is 186 g/mol. The predicted octanol–water partition coefficient (Wildman–Crippen LogP) is 1.59. The van der Waals surface area contributed by atoms with Crippen molar-refractivity contribution in [3.8, 4) is 5.75 Å². The van der Waals surface area contributed by atoms with E-state index in [1.165, 1.54) is 0 Å². The van der Waals surface area contributed by atoms with Crippen LogP contribution >= 0.6 is 12.2 Å². The number of aromatic amines is 1. The average Bonchev–Trinajstić information content (AvgIpc) is 2.06. The van der Waals surface area contributed by atoms with Crippen LogP contribution in [0.2, 0.25) is 0 Å². The standard InChI is InChI=1S/C6H7NOS.C2H7N/c1-8-5-2-3-7-6(9)4-5;1-3-2/h2-4H,1H3,(H,7,9);3H,1-2H3. The van der Waals surface area contributed by atoms with E-state index >= 15 is 0 Å². The fourth-order valence-electron chi connectivity index (χ4n) is 0.552. The Hall–Kier alpha value is -0.870. The number of H-pyrrole nitrogens is 1. The highest BCUT2D eigenvalue weighted by Gasteiger charge is 1.84. The summed E-state index contributed by atoms with van der Waals surface area (Å²) >= 11 is 4.83. The molecule has 68 valence electrons.